The normalized spacial score (nSPS) is 9.95. The number of pyridine rings is 1. The fourth-order valence-corrected chi connectivity index (χ4v) is 1.43. The van der Waals surface area contributed by atoms with Gasteiger partial charge in [-0.25, -0.2) is 0 Å². The standard InChI is InChI=1S/C16H19NO.C2H6/c1-6-8-15(11-12(2)3)14(5)18-16-9-7-10-17-13(16)4;1-2/h6-11H,1,5H2,2-4H3;1-2H3/b15-8+;. The van der Waals surface area contributed by atoms with Crippen LogP contribution in [0.2, 0.25) is 0 Å². The van der Waals surface area contributed by atoms with Gasteiger partial charge >= 0.3 is 0 Å². The van der Waals surface area contributed by atoms with Gasteiger partial charge in [0.15, 0.2) is 0 Å². The van der Waals surface area contributed by atoms with E-state index in [0.717, 1.165) is 17.0 Å². The Hall–Kier alpha value is -2.09. The van der Waals surface area contributed by atoms with Gasteiger partial charge in [0.05, 0.1) is 5.69 Å². The van der Waals surface area contributed by atoms with E-state index in [1.54, 1.807) is 12.3 Å². The fraction of sp³-hybridized carbons (Fsp3) is 0.278. The predicted octanol–water partition coefficient (Wildman–Crippen LogP) is 5.39. The SMILES string of the molecule is C=C/C=C(\C=C(C)C)C(=C)Oc1cccnc1C.CC. The Morgan fingerprint density at radius 1 is 1.30 bits per heavy atom. The van der Waals surface area contributed by atoms with Crippen LogP contribution in [0.15, 0.2) is 66.6 Å². The van der Waals surface area contributed by atoms with Crippen LogP contribution in [0.25, 0.3) is 0 Å². The Balaban J connectivity index is 0.00000172. The first-order valence-corrected chi connectivity index (χ1v) is 6.81. The molecule has 108 valence electrons. The summed E-state index contributed by atoms with van der Waals surface area (Å²) in [6, 6.07) is 3.72. The molecule has 0 aliphatic rings. The molecule has 2 heteroatoms. The Morgan fingerprint density at radius 2 is 1.95 bits per heavy atom. The van der Waals surface area contributed by atoms with Crippen LogP contribution in [0.1, 0.15) is 33.4 Å². The molecule has 0 bridgehead atoms. The van der Waals surface area contributed by atoms with E-state index in [0.29, 0.717) is 5.76 Å². The van der Waals surface area contributed by atoms with Crippen molar-refractivity contribution in [2.24, 2.45) is 0 Å². The van der Waals surface area contributed by atoms with Crippen molar-refractivity contribution in [3.63, 3.8) is 0 Å². The summed E-state index contributed by atoms with van der Waals surface area (Å²) < 4.78 is 5.74. The van der Waals surface area contributed by atoms with Gasteiger partial charge in [0.1, 0.15) is 11.5 Å². The maximum absolute atomic E-state index is 5.74. The maximum atomic E-state index is 5.74. The summed E-state index contributed by atoms with van der Waals surface area (Å²) in [6.07, 6.45) is 7.34. The first kappa shape index (κ1) is 17.9. The Morgan fingerprint density at radius 3 is 2.45 bits per heavy atom. The van der Waals surface area contributed by atoms with Crippen molar-refractivity contribution in [1.82, 2.24) is 4.98 Å². The van der Waals surface area contributed by atoms with E-state index >= 15 is 0 Å². The predicted molar refractivity (Wildman–Crippen MR) is 87.8 cm³/mol. The second-order valence-electron chi connectivity index (χ2n) is 4.19. The van der Waals surface area contributed by atoms with Crippen molar-refractivity contribution in [3.05, 3.63) is 72.3 Å². The van der Waals surface area contributed by atoms with Crippen LogP contribution in [0.5, 0.6) is 5.75 Å². The quantitative estimate of drug-likeness (QED) is 0.529. The van der Waals surface area contributed by atoms with Crippen molar-refractivity contribution in [1.29, 1.82) is 0 Å². The molecule has 1 heterocycles. The molecule has 0 fully saturated rings. The number of ether oxygens (including phenoxy) is 1. The summed E-state index contributed by atoms with van der Waals surface area (Å²) in [5.74, 6) is 1.31. The summed E-state index contributed by atoms with van der Waals surface area (Å²) >= 11 is 0. The first-order valence-electron chi connectivity index (χ1n) is 6.81. The summed E-state index contributed by atoms with van der Waals surface area (Å²) in [5.41, 5.74) is 2.93. The summed E-state index contributed by atoms with van der Waals surface area (Å²) in [5, 5.41) is 0. The van der Waals surface area contributed by atoms with Gasteiger partial charge in [0, 0.05) is 11.8 Å². The fourth-order valence-electron chi connectivity index (χ4n) is 1.43. The lowest BCUT2D eigenvalue weighted by Gasteiger charge is -2.11. The van der Waals surface area contributed by atoms with Gasteiger partial charge in [-0.2, -0.15) is 0 Å². The van der Waals surface area contributed by atoms with Gasteiger partial charge < -0.3 is 4.74 Å². The minimum absolute atomic E-state index is 0.590. The molecule has 1 aromatic rings. The molecule has 0 aromatic carbocycles. The van der Waals surface area contributed by atoms with Gasteiger partial charge in [-0.05, 0) is 32.9 Å². The van der Waals surface area contributed by atoms with Crippen LogP contribution in [-0.2, 0) is 0 Å². The summed E-state index contributed by atoms with van der Waals surface area (Å²) in [4.78, 5) is 4.18. The third kappa shape index (κ3) is 6.19. The zero-order valence-electron chi connectivity index (χ0n) is 13.2. The van der Waals surface area contributed by atoms with Crippen LogP contribution < -0.4 is 4.74 Å². The van der Waals surface area contributed by atoms with E-state index in [4.69, 9.17) is 4.74 Å². The molecule has 0 saturated heterocycles. The van der Waals surface area contributed by atoms with E-state index in [-0.39, 0.29) is 0 Å². The highest BCUT2D eigenvalue weighted by atomic mass is 16.5. The Labute approximate surface area is 123 Å². The summed E-state index contributed by atoms with van der Waals surface area (Å²) in [7, 11) is 0. The zero-order valence-corrected chi connectivity index (χ0v) is 13.2. The minimum Gasteiger partial charge on any atom is -0.455 e. The molecule has 0 N–H and O–H groups in total. The smallest absolute Gasteiger partial charge is 0.148 e. The number of hydrogen-bond donors (Lipinski definition) is 0. The first-order chi connectivity index (χ1) is 9.54. The number of aromatic nitrogens is 1. The van der Waals surface area contributed by atoms with Crippen LogP contribution in [0.4, 0.5) is 0 Å². The molecule has 0 spiro atoms. The van der Waals surface area contributed by atoms with Crippen LogP contribution >= 0.6 is 0 Å². The third-order valence-electron chi connectivity index (χ3n) is 2.26. The van der Waals surface area contributed by atoms with Gasteiger partial charge in [0.2, 0.25) is 0 Å². The number of hydrogen-bond acceptors (Lipinski definition) is 2. The second kappa shape index (κ2) is 9.79. The molecule has 0 radical (unpaired) electrons. The van der Waals surface area contributed by atoms with Crippen LogP contribution in [0, 0.1) is 6.92 Å². The van der Waals surface area contributed by atoms with Crippen molar-refractivity contribution < 1.29 is 4.74 Å². The lowest BCUT2D eigenvalue weighted by molar-refractivity contribution is 0.435. The van der Waals surface area contributed by atoms with E-state index in [9.17, 15) is 0 Å². The molecule has 0 saturated carbocycles. The largest absolute Gasteiger partial charge is 0.455 e. The average molecular weight is 271 g/mol. The molecule has 2 nitrogen and oxygen atoms in total. The van der Waals surface area contributed by atoms with E-state index < -0.39 is 0 Å². The highest BCUT2D eigenvalue weighted by molar-refractivity contribution is 5.41. The monoisotopic (exact) mass is 271 g/mol. The van der Waals surface area contributed by atoms with Crippen molar-refractivity contribution in [2.75, 3.05) is 0 Å². The molecule has 1 rings (SSSR count). The summed E-state index contributed by atoms with van der Waals surface area (Å²) in [6.45, 7) is 17.6. The van der Waals surface area contributed by atoms with Crippen LogP contribution in [-0.4, -0.2) is 4.98 Å². The van der Waals surface area contributed by atoms with E-state index in [1.165, 1.54) is 5.57 Å². The number of nitrogens with zero attached hydrogens (tertiary/aromatic N) is 1. The second-order valence-corrected chi connectivity index (χ2v) is 4.19. The minimum atomic E-state index is 0.590. The molecule has 0 unspecified atom stereocenters. The van der Waals surface area contributed by atoms with E-state index in [1.807, 2.05) is 58.9 Å². The number of allylic oxidation sites excluding steroid dienone is 4. The topological polar surface area (TPSA) is 22.1 Å². The highest BCUT2D eigenvalue weighted by Gasteiger charge is 2.05. The van der Waals surface area contributed by atoms with Gasteiger partial charge in [-0.1, -0.05) is 50.8 Å². The number of aryl methyl sites for hydroxylation is 1. The third-order valence-corrected chi connectivity index (χ3v) is 2.26. The van der Waals surface area contributed by atoms with Crippen molar-refractivity contribution in [3.8, 4) is 5.75 Å². The van der Waals surface area contributed by atoms with Gasteiger partial charge in [-0.15, -0.1) is 0 Å². The molecule has 1 aromatic heterocycles. The van der Waals surface area contributed by atoms with Gasteiger partial charge in [0.25, 0.3) is 0 Å². The molecule has 0 atom stereocenters. The highest BCUT2D eigenvalue weighted by Crippen LogP contribution is 2.21. The maximum Gasteiger partial charge on any atom is 0.148 e. The average Bonchev–Trinajstić information content (AvgIpc) is 2.42. The molecule has 20 heavy (non-hydrogen) atoms. The molecule has 0 aliphatic heterocycles. The van der Waals surface area contributed by atoms with Crippen LogP contribution in [0.3, 0.4) is 0 Å². The lowest BCUT2D eigenvalue weighted by atomic mass is 10.1. The molecular formula is C18H25NO. The molecular weight excluding hydrogens is 246 g/mol. The van der Waals surface area contributed by atoms with E-state index in [2.05, 4.69) is 18.1 Å². The molecule has 0 amide bonds. The zero-order chi connectivity index (χ0) is 15.5. The Kier molecular flexibility index (Phi) is 8.77. The van der Waals surface area contributed by atoms with Crippen molar-refractivity contribution in [2.45, 2.75) is 34.6 Å². The van der Waals surface area contributed by atoms with Gasteiger partial charge in [-0.3, -0.25) is 4.98 Å². The van der Waals surface area contributed by atoms with Crippen molar-refractivity contribution >= 4 is 0 Å². The molecule has 0 aliphatic carbocycles. The lowest BCUT2D eigenvalue weighted by Crippen LogP contribution is -1.99. The Bertz CT molecular complexity index is 506. The number of rotatable bonds is 5.